The lowest BCUT2D eigenvalue weighted by atomic mass is 10.0. The maximum atomic E-state index is 10.8. The second-order valence-corrected chi connectivity index (χ2v) is 2.39. The summed E-state index contributed by atoms with van der Waals surface area (Å²) in [5.41, 5.74) is -3.00. The van der Waals surface area contributed by atoms with Gasteiger partial charge in [-0.2, -0.15) is 0 Å². The summed E-state index contributed by atoms with van der Waals surface area (Å²) in [6.07, 6.45) is -1.06. The van der Waals surface area contributed by atoms with Crippen molar-refractivity contribution in [3.63, 3.8) is 0 Å². The first-order valence-electron chi connectivity index (χ1n) is 3.47. The second-order valence-electron chi connectivity index (χ2n) is 2.39. The number of hydrogen-bond donors (Lipinski definition) is 1. The number of esters is 2. The Kier molecular flexibility index (Phi) is 4.03. The number of carbonyl (C=O) groups is 3. The fourth-order valence-electron chi connectivity index (χ4n) is 0.678. The van der Waals surface area contributed by atoms with E-state index in [0.29, 0.717) is 0 Å². The number of aliphatic carboxylic acids is 1. The quantitative estimate of drug-likeness (QED) is 0.389. The minimum Gasteiger partial charge on any atom is -0.546 e. The summed E-state index contributed by atoms with van der Waals surface area (Å²) < 4.78 is 8.10. The monoisotopic (exact) mass is 205 g/mol. The lowest BCUT2D eigenvalue weighted by Crippen LogP contribution is -2.55. The highest BCUT2D eigenvalue weighted by Crippen LogP contribution is 2.12. The van der Waals surface area contributed by atoms with Crippen molar-refractivity contribution in [3.05, 3.63) is 0 Å². The smallest absolute Gasteiger partial charge is 0.344 e. The number of methoxy groups -OCH3 is 2. The molecule has 0 spiro atoms. The molecule has 0 amide bonds. The minimum absolute atomic E-state index is 0.869. The number of hydrogen-bond acceptors (Lipinski definition) is 7. The molecule has 0 saturated carbocycles. The van der Waals surface area contributed by atoms with Crippen LogP contribution in [-0.4, -0.2) is 42.8 Å². The highest BCUT2D eigenvalue weighted by molar-refractivity contribution is 6.04. The molecule has 0 rings (SSSR count). The Morgan fingerprint density at radius 3 is 2.07 bits per heavy atom. The number of aliphatic hydroxyl groups is 1. The van der Waals surface area contributed by atoms with E-state index in [1.165, 1.54) is 0 Å². The van der Waals surface area contributed by atoms with Crippen LogP contribution >= 0.6 is 0 Å². The van der Waals surface area contributed by atoms with Gasteiger partial charge in [-0.3, -0.25) is 4.79 Å². The minimum atomic E-state index is -3.00. The van der Waals surface area contributed by atoms with Gasteiger partial charge in [-0.25, -0.2) is 4.79 Å². The average molecular weight is 205 g/mol. The maximum Gasteiger partial charge on any atom is 0.344 e. The van der Waals surface area contributed by atoms with Crippen LogP contribution in [0.2, 0.25) is 0 Å². The topological polar surface area (TPSA) is 113 Å². The number of carboxylic acid groups (broad SMARTS) is 1. The van der Waals surface area contributed by atoms with Gasteiger partial charge in [0.2, 0.25) is 5.60 Å². The van der Waals surface area contributed by atoms with Gasteiger partial charge in [0.25, 0.3) is 0 Å². The summed E-state index contributed by atoms with van der Waals surface area (Å²) in [6, 6.07) is 0. The van der Waals surface area contributed by atoms with E-state index in [0.717, 1.165) is 14.2 Å². The van der Waals surface area contributed by atoms with Crippen molar-refractivity contribution in [1.29, 1.82) is 0 Å². The average Bonchev–Trinajstić information content (AvgIpc) is 2.15. The van der Waals surface area contributed by atoms with Crippen LogP contribution in [0.1, 0.15) is 6.42 Å². The van der Waals surface area contributed by atoms with Crippen LogP contribution < -0.4 is 5.11 Å². The zero-order valence-corrected chi connectivity index (χ0v) is 7.60. The van der Waals surface area contributed by atoms with Gasteiger partial charge in [-0.15, -0.1) is 0 Å². The second kappa shape index (κ2) is 4.56. The van der Waals surface area contributed by atoms with Gasteiger partial charge < -0.3 is 24.5 Å². The first kappa shape index (κ1) is 12.4. The van der Waals surface area contributed by atoms with E-state index < -0.39 is 29.9 Å². The summed E-state index contributed by atoms with van der Waals surface area (Å²) in [6.45, 7) is 0. The molecule has 0 bridgehead atoms. The fourth-order valence-corrected chi connectivity index (χ4v) is 0.678. The normalized spacial score (nSPS) is 13.9. The molecule has 14 heavy (non-hydrogen) atoms. The lowest BCUT2D eigenvalue weighted by molar-refractivity contribution is -0.323. The van der Waals surface area contributed by atoms with Crippen LogP contribution in [0.3, 0.4) is 0 Å². The van der Waals surface area contributed by atoms with Crippen molar-refractivity contribution in [2.45, 2.75) is 12.0 Å². The Labute approximate surface area is 79.2 Å². The van der Waals surface area contributed by atoms with E-state index >= 15 is 0 Å². The van der Waals surface area contributed by atoms with Crippen molar-refractivity contribution in [1.82, 2.24) is 0 Å². The molecule has 0 aliphatic carbocycles. The SMILES string of the molecule is COC(=O)CC(O)(C(=O)[O-])C(=O)OC. The van der Waals surface area contributed by atoms with Gasteiger partial charge >= 0.3 is 11.9 Å². The Morgan fingerprint density at radius 2 is 1.79 bits per heavy atom. The molecule has 0 heterocycles. The molecule has 0 aromatic heterocycles. The Morgan fingerprint density at radius 1 is 1.29 bits per heavy atom. The molecule has 0 aromatic carbocycles. The largest absolute Gasteiger partial charge is 0.546 e. The summed E-state index contributed by atoms with van der Waals surface area (Å²) in [4.78, 5) is 31.9. The van der Waals surface area contributed by atoms with E-state index in [1.54, 1.807) is 0 Å². The Balaban J connectivity index is 4.82. The predicted molar refractivity (Wildman–Crippen MR) is 38.6 cm³/mol. The zero-order chi connectivity index (χ0) is 11.4. The maximum absolute atomic E-state index is 10.8. The molecule has 0 radical (unpaired) electrons. The molecule has 7 heteroatoms. The van der Waals surface area contributed by atoms with E-state index in [9.17, 15) is 24.6 Å². The predicted octanol–water partition coefficient (Wildman–Crippen LogP) is -2.80. The summed E-state index contributed by atoms with van der Waals surface area (Å²) >= 11 is 0. The van der Waals surface area contributed by atoms with E-state index in [4.69, 9.17) is 0 Å². The molecule has 0 saturated heterocycles. The van der Waals surface area contributed by atoms with Crippen molar-refractivity contribution < 1.29 is 34.1 Å². The van der Waals surface area contributed by atoms with Crippen LogP contribution in [0, 0.1) is 0 Å². The van der Waals surface area contributed by atoms with E-state index in [2.05, 4.69) is 9.47 Å². The van der Waals surface area contributed by atoms with Gasteiger partial charge in [0.15, 0.2) is 0 Å². The summed E-state index contributed by atoms with van der Waals surface area (Å²) in [7, 11) is 1.85. The molecule has 7 nitrogen and oxygen atoms in total. The van der Waals surface area contributed by atoms with Crippen LogP contribution in [0.15, 0.2) is 0 Å². The van der Waals surface area contributed by atoms with Gasteiger partial charge in [0.1, 0.15) is 0 Å². The van der Waals surface area contributed by atoms with Gasteiger partial charge in [-0.05, 0) is 0 Å². The lowest BCUT2D eigenvalue weighted by Gasteiger charge is -2.24. The van der Waals surface area contributed by atoms with Gasteiger partial charge in [0.05, 0.1) is 26.6 Å². The molecule has 0 aromatic rings. The molecule has 80 valence electrons. The number of carboxylic acids is 1. The molecule has 1 atom stereocenters. The number of ether oxygens (including phenoxy) is 2. The zero-order valence-electron chi connectivity index (χ0n) is 7.60. The third kappa shape index (κ3) is 2.43. The van der Waals surface area contributed by atoms with E-state index in [1.807, 2.05) is 0 Å². The van der Waals surface area contributed by atoms with E-state index in [-0.39, 0.29) is 0 Å². The molecule has 0 aliphatic heterocycles. The van der Waals surface area contributed by atoms with Crippen molar-refractivity contribution >= 4 is 17.9 Å². The van der Waals surface area contributed by atoms with Crippen molar-refractivity contribution in [2.24, 2.45) is 0 Å². The van der Waals surface area contributed by atoms with Gasteiger partial charge in [-0.1, -0.05) is 0 Å². The van der Waals surface area contributed by atoms with Crippen molar-refractivity contribution in [3.8, 4) is 0 Å². The first-order valence-corrected chi connectivity index (χ1v) is 3.47. The highest BCUT2D eigenvalue weighted by atomic mass is 16.6. The third-order valence-electron chi connectivity index (χ3n) is 1.49. The third-order valence-corrected chi connectivity index (χ3v) is 1.49. The summed E-state index contributed by atoms with van der Waals surface area (Å²) in [5.74, 6) is -4.67. The molecule has 1 unspecified atom stereocenters. The molecule has 0 fully saturated rings. The fraction of sp³-hybridized carbons (Fsp3) is 0.571. The Hall–Kier alpha value is -1.63. The highest BCUT2D eigenvalue weighted by Gasteiger charge is 2.41. The van der Waals surface area contributed by atoms with Crippen LogP contribution in [0.4, 0.5) is 0 Å². The van der Waals surface area contributed by atoms with Crippen LogP contribution in [-0.2, 0) is 23.9 Å². The standard InChI is InChI=1S/C7H10O7/c1-13-4(8)3-7(12,5(9)10)6(11)14-2/h12H,3H2,1-2H3,(H,9,10)/p-1. The van der Waals surface area contributed by atoms with Crippen LogP contribution in [0.5, 0.6) is 0 Å². The summed E-state index contributed by atoms with van der Waals surface area (Å²) in [5, 5.41) is 19.6. The molecule has 0 aliphatic rings. The molecular formula is C7H9O7-. The Bertz CT molecular complexity index is 259. The van der Waals surface area contributed by atoms with Crippen molar-refractivity contribution in [2.75, 3.05) is 14.2 Å². The number of rotatable bonds is 4. The molecule has 1 N–H and O–H groups in total. The van der Waals surface area contributed by atoms with Crippen LogP contribution in [0.25, 0.3) is 0 Å². The molecular weight excluding hydrogens is 196 g/mol. The van der Waals surface area contributed by atoms with Gasteiger partial charge in [0, 0.05) is 0 Å². The first-order chi connectivity index (χ1) is 6.38. The number of carbonyl (C=O) groups excluding carboxylic acids is 3.